The minimum atomic E-state index is 0.0339. The van der Waals surface area contributed by atoms with Crippen molar-refractivity contribution in [1.82, 2.24) is 14.9 Å². The summed E-state index contributed by atoms with van der Waals surface area (Å²) in [5, 5.41) is 0.616. The number of aromatic nitrogens is 2. The Hall–Kier alpha value is -2.86. The first-order chi connectivity index (χ1) is 13.7. The highest BCUT2D eigenvalue weighted by Crippen LogP contribution is 2.24. The number of carbonyl (C=O) groups excluding carboxylic acids is 1. The first-order valence-electron chi connectivity index (χ1n) is 9.28. The molecule has 0 bridgehead atoms. The monoisotopic (exact) mass is 397 g/mol. The molecule has 1 saturated heterocycles. The molecule has 4 rings (SSSR count). The third-order valence-electron chi connectivity index (χ3n) is 4.60. The van der Waals surface area contributed by atoms with Gasteiger partial charge >= 0.3 is 0 Å². The number of piperidine rings is 1. The molecule has 0 unspecified atom stereocenters. The lowest BCUT2D eigenvalue weighted by Crippen LogP contribution is -2.38. The van der Waals surface area contributed by atoms with Crippen molar-refractivity contribution in [3.8, 4) is 17.4 Å². The zero-order chi connectivity index (χ0) is 19.3. The summed E-state index contributed by atoms with van der Waals surface area (Å²) in [6.45, 7) is 1.71. The Morgan fingerprint density at radius 2 is 1.75 bits per heavy atom. The average molecular weight is 398 g/mol. The summed E-state index contributed by atoms with van der Waals surface area (Å²) in [6.07, 6.45) is 4.90. The topological polar surface area (TPSA) is 64.5 Å². The van der Waals surface area contributed by atoms with Crippen LogP contribution in [0.5, 0.6) is 17.4 Å². The molecule has 6 nitrogen and oxygen atoms in total. The summed E-state index contributed by atoms with van der Waals surface area (Å²) >= 11 is 5.96. The standard InChI is InChI=1S/C21H20ClN3O3/c22-15-4-9-18-19(12-15)23-13-20(24-18)28-17-7-5-16(6-8-17)27-14-21(26)25-10-2-1-3-11-25/h4-9,12-13H,1-3,10-11,14H2. The minimum absolute atomic E-state index is 0.0339. The van der Waals surface area contributed by atoms with Gasteiger partial charge in [0.05, 0.1) is 17.2 Å². The normalized spacial score (nSPS) is 14.1. The third kappa shape index (κ3) is 4.51. The molecule has 1 fully saturated rings. The molecule has 7 heteroatoms. The predicted octanol–water partition coefficient (Wildman–Crippen LogP) is 4.47. The van der Waals surface area contributed by atoms with Gasteiger partial charge < -0.3 is 14.4 Å². The van der Waals surface area contributed by atoms with Gasteiger partial charge in [-0.05, 0) is 61.7 Å². The molecule has 1 amide bonds. The van der Waals surface area contributed by atoms with Gasteiger partial charge in [-0.2, -0.15) is 0 Å². The van der Waals surface area contributed by atoms with Crippen LogP contribution >= 0.6 is 11.6 Å². The van der Waals surface area contributed by atoms with E-state index in [-0.39, 0.29) is 12.5 Å². The first kappa shape index (κ1) is 18.5. The first-order valence-corrected chi connectivity index (χ1v) is 9.66. The van der Waals surface area contributed by atoms with E-state index in [1.807, 2.05) is 4.90 Å². The zero-order valence-corrected chi connectivity index (χ0v) is 16.1. The second kappa shape index (κ2) is 8.44. The van der Waals surface area contributed by atoms with Crippen LogP contribution in [0.25, 0.3) is 11.0 Å². The molecular formula is C21H20ClN3O3. The lowest BCUT2D eigenvalue weighted by Gasteiger charge is -2.26. The van der Waals surface area contributed by atoms with E-state index in [2.05, 4.69) is 9.97 Å². The van der Waals surface area contributed by atoms with Gasteiger partial charge in [-0.25, -0.2) is 9.97 Å². The summed E-state index contributed by atoms with van der Waals surface area (Å²) < 4.78 is 11.4. The van der Waals surface area contributed by atoms with Crippen LogP contribution in [-0.2, 0) is 4.79 Å². The Balaban J connectivity index is 1.35. The molecule has 0 saturated carbocycles. The van der Waals surface area contributed by atoms with Crippen molar-refractivity contribution < 1.29 is 14.3 Å². The van der Waals surface area contributed by atoms with Gasteiger partial charge in [0, 0.05) is 18.1 Å². The van der Waals surface area contributed by atoms with Crippen LogP contribution in [-0.4, -0.2) is 40.5 Å². The van der Waals surface area contributed by atoms with E-state index in [0.717, 1.165) is 25.9 Å². The van der Waals surface area contributed by atoms with Crippen molar-refractivity contribution in [1.29, 1.82) is 0 Å². The van der Waals surface area contributed by atoms with Crippen LogP contribution in [0.3, 0.4) is 0 Å². The fourth-order valence-corrected chi connectivity index (χ4v) is 3.29. The average Bonchev–Trinajstić information content (AvgIpc) is 2.74. The second-order valence-electron chi connectivity index (χ2n) is 6.64. The molecule has 3 aromatic rings. The Morgan fingerprint density at radius 1 is 1.00 bits per heavy atom. The van der Waals surface area contributed by atoms with Gasteiger partial charge in [0.1, 0.15) is 11.5 Å². The van der Waals surface area contributed by atoms with E-state index >= 15 is 0 Å². The SMILES string of the molecule is O=C(COc1ccc(Oc2cnc3cc(Cl)ccc3n2)cc1)N1CCCCC1. The number of halogens is 1. The van der Waals surface area contributed by atoms with Crippen LogP contribution in [0.1, 0.15) is 19.3 Å². The molecule has 0 spiro atoms. The van der Waals surface area contributed by atoms with Crippen LogP contribution in [0.15, 0.2) is 48.7 Å². The van der Waals surface area contributed by atoms with Crippen molar-refractivity contribution in [2.45, 2.75) is 19.3 Å². The fraction of sp³-hybridized carbons (Fsp3) is 0.286. The predicted molar refractivity (Wildman–Crippen MR) is 107 cm³/mol. The maximum Gasteiger partial charge on any atom is 0.260 e. The van der Waals surface area contributed by atoms with E-state index in [9.17, 15) is 4.79 Å². The Morgan fingerprint density at radius 3 is 2.54 bits per heavy atom. The smallest absolute Gasteiger partial charge is 0.260 e. The van der Waals surface area contributed by atoms with Crippen LogP contribution in [0, 0.1) is 0 Å². The van der Waals surface area contributed by atoms with Crippen molar-refractivity contribution in [2.75, 3.05) is 19.7 Å². The van der Waals surface area contributed by atoms with E-state index in [1.54, 1.807) is 48.7 Å². The van der Waals surface area contributed by atoms with Crippen LogP contribution in [0.4, 0.5) is 0 Å². The number of carbonyl (C=O) groups is 1. The zero-order valence-electron chi connectivity index (χ0n) is 15.3. The van der Waals surface area contributed by atoms with E-state index in [1.165, 1.54) is 6.42 Å². The number of hydrogen-bond donors (Lipinski definition) is 0. The van der Waals surface area contributed by atoms with Crippen LogP contribution in [0.2, 0.25) is 5.02 Å². The molecule has 28 heavy (non-hydrogen) atoms. The molecule has 2 aromatic carbocycles. The molecule has 0 atom stereocenters. The maximum absolute atomic E-state index is 12.2. The molecule has 0 radical (unpaired) electrons. The summed E-state index contributed by atoms with van der Waals surface area (Å²) in [5.74, 6) is 1.66. The van der Waals surface area contributed by atoms with Gasteiger partial charge in [-0.1, -0.05) is 11.6 Å². The second-order valence-corrected chi connectivity index (χ2v) is 7.08. The number of amides is 1. The summed E-state index contributed by atoms with van der Waals surface area (Å²) in [6, 6.07) is 12.4. The molecule has 1 aromatic heterocycles. The quantitative estimate of drug-likeness (QED) is 0.635. The van der Waals surface area contributed by atoms with Gasteiger partial charge in [-0.3, -0.25) is 4.79 Å². The molecule has 0 aliphatic carbocycles. The van der Waals surface area contributed by atoms with Gasteiger partial charge in [0.2, 0.25) is 5.88 Å². The van der Waals surface area contributed by atoms with Gasteiger partial charge in [-0.15, -0.1) is 0 Å². The fourth-order valence-electron chi connectivity index (χ4n) is 3.12. The number of hydrogen-bond acceptors (Lipinski definition) is 5. The van der Waals surface area contributed by atoms with Crippen LogP contribution < -0.4 is 9.47 Å². The number of fused-ring (bicyclic) bond motifs is 1. The summed E-state index contributed by atoms with van der Waals surface area (Å²) in [5.41, 5.74) is 1.42. The van der Waals surface area contributed by atoms with Gasteiger partial charge in [0.15, 0.2) is 6.61 Å². The molecule has 2 heterocycles. The highest BCUT2D eigenvalue weighted by molar-refractivity contribution is 6.31. The number of ether oxygens (including phenoxy) is 2. The van der Waals surface area contributed by atoms with Crippen molar-refractivity contribution >= 4 is 28.5 Å². The van der Waals surface area contributed by atoms with Gasteiger partial charge in [0.25, 0.3) is 5.91 Å². The van der Waals surface area contributed by atoms with Crippen molar-refractivity contribution in [3.63, 3.8) is 0 Å². The van der Waals surface area contributed by atoms with Crippen molar-refractivity contribution in [2.24, 2.45) is 0 Å². The van der Waals surface area contributed by atoms with E-state index in [0.29, 0.717) is 33.4 Å². The number of nitrogens with zero attached hydrogens (tertiary/aromatic N) is 3. The maximum atomic E-state index is 12.2. The molecule has 1 aliphatic heterocycles. The molecule has 1 aliphatic rings. The molecular weight excluding hydrogens is 378 g/mol. The molecule has 0 N–H and O–H groups in total. The Bertz CT molecular complexity index is 972. The largest absolute Gasteiger partial charge is 0.484 e. The highest BCUT2D eigenvalue weighted by Gasteiger charge is 2.16. The Kier molecular flexibility index (Phi) is 5.58. The third-order valence-corrected chi connectivity index (χ3v) is 4.83. The summed E-state index contributed by atoms with van der Waals surface area (Å²) in [4.78, 5) is 22.8. The van der Waals surface area contributed by atoms with Crippen molar-refractivity contribution in [3.05, 3.63) is 53.7 Å². The number of rotatable bonds is 5. The lowest BCUT2D eigenvalue weighted by atomic mass is 10.1. The Labute approximate surface area is 168 Å². The lowest BCUT2D eigenvalue weighted by molar-refractivity contribution is -0.134. The minimum Gasteiger partial charge on any atom is -0.484 e. The van der Waals surface area contributed by atoms with E-state index in [4.69, 9.17) is 21.1 Å². The number of likely N-dealkylation sites (tertiary alicyclic amines) is 1. The number of benzene rings is 2. The molecule has 144 valence electrons. The highest BCUT2D eigenvalue weighted by atomic mass is 35.5. The van der Waals surface area contributed by atoms with E-state index < -0.39 is 0 Å². The summed E-state index contributed by atoms with van der Waals surface area (Å²) in [7, 11) is 0.